The number of thiophene rings is 1. The molecule has 0 bridgehead atoms. The highest BCUT2D eigenvalue weighted by molar-refractivity contribution is 7.15. The van der Waals surface area contributed by atoms with Crippen LogP contribution in [0.15, 0.2) is 45.3 Å². The van der Waals surface area contributed by atoms with Crippen LogP contribution in [-0.2, 0) is 0 Å². The summed E-state index contributed by atoms with van der Waals surface area (Å²) in [4.78, 5) is 25.9. The second-order valence-corrected chi connectivity index (χ2v) is 4.70. The molecule has 18 heavy (non-hydrogen) atoms. The number of hydrogen-bond acceptors (Lipinski definition) is 4. The van der Waals surface area contributed by atoms with E-state index in [1.807, 2.05) is 18.2 Å². The van der Waals surface area contributed by atoms with E-state index in [1.54, 1.807) is 17.5 Å². The number of hydrogen-bond donors (Lipinski definition) is 2. The fourth-order valence-corrected chi connectivity index (χ4v) is 2.69. The van der Waals surface area contributed by atoms with Gasteiger partial charge in [0.1, 0.15) is 5.00 Å². The number of H-pyrrole nitrogens is 1. The lowest BCUT2D eigenvalue weighted by Gasteiger charge is -2.06. The van der Waals surface area contributed by atoms with E-state index >= 15 is 0 Å². The van der Waals surface area contributed by atoms with Crippen molar-refractivity contribution in [2.75, 3.05) is 5.73 Å². The van der Waals surface area contributed by atoms with E-state index < -0.39 is 11.2 Å². The number of para-hydroxylation sites is 1. The molecule has 0 aliphatic carbocycles. The quantitative estimate of drug-likeness (QED) is 0.691. The summed E-state index contributed by atoms with van der Waals surface area (Å²) in [5, 5.41) is 2.49. The highest BCUT2D eigenvalue weighted by Crippen LogP contribution is 2.25. The number of nitrogens with zero attached hydrogens (tertiary/aromatic N) is 1. The predicted molar refractivity (Wildman–Crippen MR) is 72.5 cm³/mol. The van der Waals surface area contributed by atoms with Gasteiger partial charge in [0.25, 0.3) is 5.56 Å². The van der Waals surface area contributed by atoms with E-state index in [0.717, 1.165) is 0 Å². The van der Waals surface area contributed by atoms with Gasteiger partial charge in [-0.25, -0.2) is 4.79 Å². The van der Waals surface area contributed by atoms with Crippen LogP contribution < -0.4 is 17.0 Å². The van der Waals surface area contributed by atoms with Crippen molar-refractivity contribution in [3.05, 3.63) is 56.5 Å². The van der Waals surface area contributed by atoms with E-state index in [0.29, 0.717) is 21.6 Å². The molecule has 2 heterocycles. The van der Waals surface area contributed by atoms with E-state index in [9.17, 15) is 9.59 Å². The van der Waals surface area contributed by atoms with Gasteiger partial charge in [-0.1, -0.05) is 18.2 Å². The largest absolute Gasteiger partial charge is 0.390 e. The first-order valence-electron chi connectivity index (χ1n) is 5.26. The molecule has 0 saturated heterocycles. The summed E-state index contributed by atoms with van der Waals surface area (Å²) >= 11 is 1.25. The Bertz CT molecular complexity index is 830. The Kier molecular flexibility index (Phi) is 2.31. The van der Waals surface area contributed by atoms with E-state index in [1.165, 1.54) is 15.9 Å². The van der Waals surface area contributed by atoms with Gasteiger partial charge in [-0.3, -0.25) is 14.3 Å². The minimum atomic E-state index is -0.462. The van der Waals surface area contributed by atoms with Gasteiger partial charge in [0.05, 0.1) is 16.6 Å². The van der Waals surface area contributed by atoms with Gasteiger partial charge < -0.3 is 5.73 Å². The molecule has 0 saturated carbocycles. The Morgan fingerprint density at radius 3 is 2.61 bits per heavy atom. The van der Waals surface area contributed by atoms with Gasteiger partial charge in [-0.15, -0.1) is 11.3 Å². The lowest BCUT2D eigenvalue weighted by atomic mass is 10.3. The molecule has 3 aromatic rings. The van der Waals surface area contributed by atoms with Crippen LogP contribution in [0.5, 0.6) is 0 Å². The standard InChI is InChI=1S/C12H9N3O2S/c13-10-9-8(6-18-10)15(12(17)14-11(9)16)7-4-2-1-3-5-7/h1-6H,13H2,(H,14,16,17). The maximum Gasteiger partial charge on any atom is 0.333 e. The Morgan fingerprint density at radius 2 is 1.89 bits per heavy atom. The SMILES string of the molecule is Nc1scc2c1c(=O)[nH]c(=O)n2-c1ccccc1. The number of nitrogens with two attached hydrogens (primary N) is 1. The molecule has 0 spiro atoms. The average Bonchev–Trinajstić information content (AvgIpc) is 2.73. The molecule has 2 aromatic heterocycles. The van der Waals surface area contributed by atoms with Crippen LogP contribution in [0, 0.1) is 0 Å². The van der Waals surface area contributed by atoms with Gasteiger partial charge in [0.2, 0.25) is 0 Å². The lowest BCUT2D eigenvalue weighted by molar-refractivity contribution is 0.946. The zero-order valence-electron chi connectivity index (χ0n) is 9.21. The number of aromatic amines is 1. The fourth-order valence-electron chi connectivity index (χ4n) is 1.91. The first-order valence-corrected chi connectivity index (χ1v) is 6.14. The number of rotatable bonds is 1. The van der Waals surface area contributed by atoms with Crippen molar-refractivity contribution in [3.63, 3.8) is 0 Å². The summed E-state index contributed by atoms with van der Waals surface area (Å²) in [7, 11) is 0. The Hall–Kier alpha value is -2.34. The van der Waals surface area contributed by atoms with Gasteiger partial charge in [-0.05, 0) is 12.1 Å². The molecular formula is C12H9N3O2S. The third-order valence-electron chi connectivity index (χ3n) is 2.71. The van der Waals surface area contributed by atoms with E-state index in [-0.39, 0.29) is 0 Å². The first kappa shape index (κ1) is 10.8. The molecule has 0 atom stereocenters. The average molecular weight is 259 g/mol. The number of nitrogen functional groups attached to an aromatic ring is 1. The molecule has 0 aliphatic rings. The minimum absolute atomic E-state index is 0.364. The van der Waals surface area contributed by atoms with Crippen molar-refractivity contribution in [1.29, 1.82) is 0 Å². The lowest BCUT2D eigenvalue weighted by Crippen LogP contribution is -2.28. The summed E-state index contributed by atoms with van der Waals surface area (Å²) in [5.74, 6) is 0. The summed E-state index contributed by atoms with van der Waals surface area (Å²) in [6.45, 7) is 0. The third kappa shape index (κ3) is 1.46. The highest BCUT2D eigenvalue weighted by atomic mass is 32.1. The number of benzene rings is 1. The molecule has 3 rings (SSSR count). The van der Waals surface area contributed by atoms with Gasteiger partial charge in [0, 0.05) is 5.38 Å². The van der Waals surface area contributed by atoms with Crippen LogP contribution in [0.3, 0.4) is 0 Å². The highest BCUT2D eigenvalue weighted by Gasteiger charge is 2.12. The second-order valence-electron chi connectivity index (χ2n) is 3.79. The Morgan fingerprint density at radius 1 is 1.17 bits per heavy atom. The molecule has 0 radical (unpaired) electrons. The monoisotopic (exact) mass is 259 g/mol. The second kappa shape index (κ2) is 3.85. The number of nitrogens with one attached hydrogen (secondary N) is 1. The van der Waals surface area contributed by atoms with Gasteiger partial charge in [0.15, 0.2) is 0 Å². The third-order valence-corrected chi connectivity index (χ3v) is 3.51. The summed E-state index contributed by atoms with van der Waals surface area (Å²) in [6.07, 6.45) is 0. The molecule has 1 aromatic carbocycles. The molecule has 3 N–H and O–H groups in total. The van der Waals surface area contributed by atoms with Crippen molar-refractivity contribution < 1.29 is 0 Å². The van der Waals surface area contributed by atoms with Crippen LogP contribution in [0.1, 0.15) is 0 Å². The summed E-state index contributed by atoms with van der Waals surface area (Å²) in [6, 6.07) is 9.11. The van der Waals surface area contributed by atoms with Crippen LogP contribution in [-0.4, -0.2) is 9.55 Å². The van der Waals surface area contributed by atoms with E-state index in [2.05, 4.69) is 4.98 Å². The maximum absolute atomic E-state index is 11.9. The number of aromatic nitrogens is 2. The van der Waals surface area contributed by atoms with Crippen molar-refractivity contribution in [2.45, 2.75) is 0 Å². The Labute approximate surface area is 105 Å². The van der Waals surface area contributed by atoms with Crippen molar-refractivity contribution >= 4 is 27.2 Å². The predicted octanol–water partition coefficient (Wildman–Crippen LogP) is 1.32. The molecule has 5 nitrogen and oxygen atoms in total. The normalized spacial score (nSPS) is 10.9. The smallest absolute Gasteiger partial charge is 0.333 e. The topological polar surface area (TPSA) is 80.9 Å². The first-order chi connectivity index (χ1) is 8.68. The molecule has 0 fully saturated rings. The van der Waals surface area contributed by atoms with Crippen LogP contribution >= 0.6 is 11.3 Å². The maximum atomic E-state index is 11.9. The molecule has 0 aliphatic heterocycles. The van der Waals surface area contributed by atoms with Crippen molar-refractivity contribution in [1.82, 2.24) is 9.55 Å². The zero-order chi connectivity index (χ0) is 12.7. The van der Waals surface area contributed by atoms with Crippen LogP contribution in [0.2, 0.25) is 0 Å². The van der Waals surface area contributed by atoms with Gasteiger partial charge in [-0.2, -0.15) is 0 Å². The van der Waals surface area contributed by atoms with Crippen molar-refractivity contribution in [3.8, 4) is 5.69 Å². The molecule has 0 amide bonds. The zero-order valence-corrected chi connectivity index (χ0v) is 10.0. The van der Waals surface area contributed by atoms with Crippen LogP contribution in [0.25, 0.3) is 16.6 Å². The van der Waals surface area contributed by atoms with E-state index in [4.69, 9.17) is 5.73 Å². The minimum Gasteiger partial charge on any atom is -0.390 e. The Balaban J connectivity index is 2.51. The van der Waals surface area contributed by atoms with Crippen molar-refractivity contribution in [2.24, 2.45) is 0 Å². The van der Waals surface area contributed by atoms with Crippen LogP contribution in [0.4, 0.5) is 5.00 Å². The molecule has 90 valence electrons. The fraction of sp³-hybridized carbons (Fsp3) is 0. The number of fused-ring (bicyclic) bond motifs is 1. The summed E-state index contributed by atoms with van der Waals surface area (Å²) in [5.41, 5.74) is 6.09. The van der Waals surface area contributed by atoms with Gasteiger partial charge >= 0.3 is 5.69 Å². The number of anilines is 1. The molecule has 0 unspecified atom stereocenters. The molecular weight excluding hydrogens is 250 g/mol. The summed E-state index contributed by atoms with van der Waals surface area (Å²) < 4.78 is 1.45. The molecule has 6 heteroatoms.